The van der Waals surface area contributed by atoms with Crippen LogP contribution in [-0.4, -0.2) is 34.8 Å². The highest BCUT2D eigenvalue weighted by Crippen LogP contribution is 2.20. The van der Waals surface area contributed by atoms with E-state index in [0.717, 1.165) is 46.3 Å². The maximum Gasteiger partial charge on any atom is 0.191 e. The summed E-state index contributed by atoms with van der Waals surface area (Å²) in [6, 6.07) is 0. The quantitative estimate of drug-likeness (QED) is 0.297. The SMILES string of the molecule is CCNC(=NCc1nc(C(C)C)cs1)NCCCSc1nccs1. The van der Waals surface area contributed by atoms with Gasteiger partial charge in [0.15, 0.2) is 5.96 Å². The Morgan fingerprint density at radius 2 is 2.21 bits per heavy atom. The third-order valence-corrected chi connectivity index (χ3v) is 6.03. The van der Waals surface area contributed by atoms with Crippen LogP contribution in [0.5, 0.6) is 0 Å². The Hall–Kier alpha value is -1.12. The topological polar surface area (TPSA) is 62.2 Å². The summed E-state index contributed by atoms with van der Waals surface area (Å²) in [5.74, 6) is 2.39. The molecule has 0 radical (unpaired) electrons. The molecule has 0 atom stereocenters. The molecular formula is C16H25N5S3. The van der Waals surface area contributed by atoms with Crippen molar-refractivity contribution in [2.75, 3.05) is 18.8 Å². The van der Waals surface area contributed by atoms with E-state index in [9.17, 15) is 0 Å². The van der Waals surface area contributed by atoms with E-state index >= 15 is 0 Å². The maximum absolute atomic E-state index is 4.63. The van der Waals surface area contributed by atoms with Gasteiger partial charge in [-0.05, 0) is 19.3 Å². The zero-order valence-electron chi connectivity index (χ0n) is 14.4. The average molecular weight is 384 g/mol. The molecule has 2 aromatic heterocycles. The van der Waals surface area contributed by atoms with Crippen LogP contribution in [0.1, 0.15) is 43.8 Å². The molecule has 0 fully saturated rings. The number of nitrogens with zero attached hydrogens (tertiary/aromatic N) is 3. The fourth-order valence-electron chi connectivity index (χ4n) is 1.87. The Labute approximate surface area is 156 Å². The van der Waals surface area contributed by atoms with Gasteiger partial charge < -0.3 is 10.6 Å². The Balaban J connectivity index is 1.73. The minimum absolute atomic E-state index is 0.473. The average Bonchev–Trinajstić information content (AvgIpc) is 3.23. The molecule has 0 saturated heterocycles. The van der Waals surface area contributed by atoms with Crippen molar-refractivity contribution in [1.29, 1.82) is 0 Å². The molecule has 132 valence electrons. The second kappa shape index (κ2) is 10.7. The number of guanidine groups is 1. The lowest BCUT2D eigenvalue weighted by Crippen LogP contribution is -2.37. The number of hydrogen-bond acceptors (Lipinski definition) is 6. The summed E-state index contributed by atoms with van der Waals surface area (Å²) in [6.07, 6.45) is 2.92. The first-order chi connectivity index (χ1) is 11.7. The molecule has 2 N–H and O–H groups in total. The molecule has 0 aliphatic rings. The summed E-state index contributed by atoms with van der Waals surface area (Å²) in [6.45, 7) is 8.79. The van der Waals surface area contributed by atoms with Crippen LogP contribution in [-0.2, 0) is 6.54 Å². The number of aromatic nitrogens is 2. The van der Waals surface area contributed by atoms with E-state index in [-0.39, 0.29) is 0 Å². The smallest absolute Gasteiger partial charge is 0.191 e. The fraction of sp³-hybridized carbons (Fsp3) is 0.562. The van der Waals surface area contributed by atoms with Crippen molar-refractivity contribution < 1.29 is 0 Å². The van der Waals surface area contributed by atoms with Crippen molar-refractivity contribution in [3.8, 4) is 0 Å². The van der Waals surface area contributed by atoms with Gasteiger partial charge in [-0.2, -0.15) is 0 Å². The van der Waals surface area contributed by atoms with E-state index in [1.54, 1.807) is 34.4 Å². The van der Waals surface area contributed by atoms with Crippen molar-refractivity contribution in [2.24, 2.45) is 4.99 Å². The molecule has 2 rings (SSSR count). The molecule has 24 heavy (non-hydrogen) atoms. The number of aliphatic imine (C=N–C) groups is 1. The number of nitrogens with one attached hydrogen (secondary N) is 2. The molecule has 8 heteroatoms. The lowest BCUT2D eigenvalue weighted by atomic mass is 10.2. The molecule has 5 nitrogen and oxygen atoms in total. The Morgan fingerprint density at radius 1 is 1.33 bits per heavy atom. The van der Waals surface area contributed by atoms with Crippen molar-refractivity contribution in [2.45, 2.75) is 44.0 Å². The predicted octanol–water partition coefficient (Wildman–Crippen LogP) is 3.96. The molecule has 0 amide bonds. The summed E-state index contributed by atoms with van der Waals surface area (Å²) in [5, 5.41) is 11.9. The highest BCUT2D eigenvalue weighted by atomic mass is 32.2. The van der Waals surface area contributed by atoms with Gasteiger partial charge in [-0.3, -0.25) is 0 Å². The van der Waals surface area contributed by atoms with Crippen LogP contribution in [0.2, 0.25) is 0 Å². The third kappa shape index (κ3) is 6.78. The van der Waals surface area contributed by atoms with E-state index in [1.807, 2.05) is 11.6 Å². The van der Waals surface area contributed by atoms with E-state index in [1.165, 1.54) is 0 Å². The van der Waals surface area contributed by atoms with Gasteiger partial charge in [0.1, 0.15) is 9.35 Å². The van der Waals surface area contributed by atoms with Crippen LogP contribution >= 0.6 is 34.4 Å². The van der Waals surface area contributed by atoms with Gasteiger partial charge in [0.2, 0.25) is 0 Å². The second-order valence-corrected chi connectivity index (χ2v) is 8.62. The molecule has 0 aliphatic carbocycles. The predicted molar refractivity (Wildman–Crippen MR) is 106 cm³/mol. The van der Waals surface area contributed by atoms with Crippen LogP contribution in [0.25, 0.3) is 0 Å². The van der Waals surface area contributed by atoms with E-state index < -0.39 is 0 Å². The van der Waals surface area contributed by atoms with Gasteiger partial charge in [-0.15, -0.1) is 22.7 Å². The molecule has 0 spiro atoms. The largest absolute Gasteiger partial charge is 0.357 e. The van der Waals surface area contributed by atoms with Crippen LogP contribution in [0.3, 0.4) is 0 Å². The molecule has 0 saturated carbocycles. The third-order valence-electron chi connectivity index (χ3n) is 3.13. The van der Waals surface area contributed by atoms with Crippen LogP contribution in [0, 0.1) is 0 Å². The first kappa shape index (κ1) is 19.2. The van der Waals surface area contributed by atoms with Crippen molar-refractivity contribution >= 4 is 40.4 Å². The minimum Gasteiger partial charge on any atom is -0.357 e. The molecule has 0 bridgehead atoms. The van der Waals surface area contributed by atoms with Crippen LogP contribution < -0.4 is 10.6 Å². The fourth-order valence-corrected chi connectivity index (χ4v) is 4.40. The zero-order valence-corrected chi connectivity index (χ0v) is 16.9. The molecule has 0 aliphatic heterocycles. The van der Waals surface area contributed by atoms with Crippen molar-refractivity contribution in [3.05, 3.63) is 27.7 Å². The monoisotopic (exact) mass is 383 g/mol. The maximum atomic E-state index is 4.63. The normalized spacial score (nSPS) is 11.9. The molecule has 2 aromatic rings. The lowest BCUT2D eigenvalue weighted by Gasteiger charge is -2.10. The standard InChI is InChI=1S/C16H25N5S3/c1-4-17-15(18-6-5-8-22-16-19-7-9-23-16)20-10-14-21-13(11-24-14)12(2)3/h7,9,11-12H,4-6,8,10H2,1-3H3,(H2,17,18,20). The van der Waals surface area contributed by atoms with Crippen molar-refractivity contribution in [3.63, 3.8) is 0 Å². The number of thiazole rings is 2. The second-order valence-electron chi connectivity index (χ2n) is 5.44. The highest BCUT2D eigenvalue weighted by molar-refractivity contribution is 8.00. The van der Waals surface area contributed by atoms with Crippen molar-refractivity contribution in [1.82, 2.24) is 20.6 Å². The van der Waals surface area contributed by atoms with Gasteiger partial charge in [0.25, 0.3) is 0 Å². The lowest BCUT2D eigenvalue weighted by molar-refractivity contribution is 0.785. The molecular weight excluding hydrogens is 358 g/mol. The Kier molecular flexibility index (Phi) is 8.55. The molecule has 2 heterocycles. The van der Waals surface area contributed by atoms with Gasteiger partial charge >= 0.3 is 0 Å². The van der Waals surface area contributed by atoms with E-state index in [2.05, 4.69) is 51.7 Å². The van der Waals surface area contributed by atoms with Crippen LogP contribution in [0.4, 0.5) is 0 Å². The van der Waals surface area contributed by atoms with Gasteiger partial charge in [-0.1, -0.05) is 25.6 Å². The minimum atomic E-state index is 0.473. The van der Waals surface area contributed by atoms with E-state index in [4.69, 9.17) is 0 Å². The highest BCUT2D eigenvalue weighted by Gasteiger charge is 2.05. The van der Waals surface area contributed by atoms with Gasteiger partial charge in [-0.25, -0.2) is 15.0 Å². The van der Waals surface area contributed by atoms with Gasteiger partial charge in [0.05, 0.1) is 12.2 Å². The first-order valence-electron chi connectivity index (χ1n) is 8.17. The summed E-state index contributed by atoms with van der Waals surface area (Å²) in [7, 11) is 0. The summed E-state index contributed by atoms with van der Waals surface area (Å²) < 4.78 is 1.14. The molecule has 0 unspecified atom stereocenters. The van der Waals surface area contributed by atoms with Crippen LogP contribution in [0.15, 0.2) is 26.3 Å². The summed E-state index contributed by atoms with van der Waals surface area (Å²) in [5.41, 5.74) is 1.15. The first-order valence-corrected chi connectivity index (χ1v) is 10.9. The Bertz CT molecular complexity index is 607. The van der Waals surface area contributed by atoms with Gasteiger partial charge in [0, 0.05) is 35.8 Å². The molecule has 0 aromatic carbocycles. The number of thioether (sulfide) groups is 1. The van der Waals surface area contributed by atoms with E-state index in [0.29, 0.717) is 12.5 Å². The number of hydrogen-bond donors (Lipinski definition) is 2. The number of rotatable bonds is 9. The zero-order chi connectivity index (χ0) is 17.2. The summed E-state index contributed by atoms with van der Waals surface area (Å²) >= 11 is 5.19. The summed E-state index contributed by atoms with van der Waals surface area (Å²) in [4.78, 5) is 13.5. The Morgan fingerprint density at radius 3 is 2.88 bits per heavy atom.